The predicted molar refractivity (Wildman–Crippen MR) is 113 cm³/mol. The van der Waals surface area contributed by atoms with Gasteiger partial charge in [0.15, 0.2) is 0 Å². The van der Waals surface area contributed by atoms with Gasteiger partial charge < -0.3 is 5.32 Å². The fourth-order valence-corrected chi connectivity index (χ4v) is 3.46. The van der Waals surface area contributed by atoms with Gasteiger partial charge in [-0.05, 0) is 54.4 Å². The highest BCUT2D eigenvalue weighted by atomic mass is 16.2. The number of amides is 1. The van der Waals surface area contributed by atoms with Gasteiger partial charge in [-0.2, -0.15) is 5.26 Å². The number of carbonyl (C=O) groups excluding carboxylic acids is 1. The maximum Gasteiger partial charge on any atom is 0.259 e. The summed E-state index contributed by atoms with van der Waals surface area (Å²) in [5.41, 5.74) is 4.84. The summed E-state index contributed by atoms with van der Waals surface area (Å²) in [6, 6.07) is 19.1. The zero-order valence-corrected chi connectivity index (χ0v) is 15.9. The highest BCUT2D eigenvalue weighted by Gasteiger charge is 2.26. The van der Waals surface area contributed by atoms with Crippen molar-refractivity contribution in [3.63, 3.8) is 0 Å². The minimum atomic E-state index is -0.0423. The Bertz CT molecular complexity index is 1200. The van der Waals surface area contributed by atoms with Gasteiger partial charge in [0.1, 0.15) is 11.9 Å². The molecule has 29 heavy (non-hydrogen) atoms. The van der Waals surface area contributed by atoms with Crippen LogP contribution in [0.3, 0.4) is 0 Å². The lowest BCUT2D eigenvalue weighted by atomic mass is 10.00. The van der Waals surface area contributed by atoms with Crippen molar-refractivity contribution in [1.29, 1.82) is 5.26 Å². The van der Waals surface area contributed by atoms with Crippen molar-refractivity contribution in [3.05, 3.63) is 83.0 Å². The summed E-state index contributed by atoms with van der Waals surface area (Å²) in [5.74, 6) is 6.35. The van der Waals surface area contributed by atoms with Crippen molar-refractivity contribution in [1.82, 2.24) is 4.98 Å². The second-order valence-corrected chi connectivity index (χ2v) is 6.63. The number of nitriles is 1. The highest BCUT2D eigenvalue weighted by Crippen LogP contribution is 2.33. The minimum absolute atomic E-state index is 0.0423. The van der Waals surface area contributed by atoms with Crippen LogP contribution in [0.25, 0.3) is 0 Å². The third kappa shape index (κ3) is 3.54. The second-order valence-electron chi connectivity index (χ2n) is 6.63. The van der Waals surface area contributed by atoms with Crippen LogP contribution in [-0.2, 0) is 6.42 Å². The molecule has 5 heteroatoms. The molecule has 4 rings (SSSR count). The van der Waals surface area contributed by atoms with E-state index in [4.69, 9.17) is 0 Å². The molecule has 0 saturated heterocycles. The van der Waals surface area contributed by atoms with E-state index in [1.165, 1.54) is 0 Å². The van der Waals surface area contributed by atoms with Crippen LogP contribution in [0.4, 0.5) is 17.2 Å². The average molecular weight is 378 g/mol. The lowest BCUT2D eigenvalue weighted by Crippen LogP contribution is -2.31. The van der Waals surface area contributed by atoms with Gasteiger partial charge in [-0.15, -0.1) is 5.92 Å². The van der Waals surface area contributed by atoms with Crippen molar-refractivity contribution in [2.24, 2.45) is 0 Å². The first kappa shape index (κ1) is 18.3. The van der Waals surface area contributed by atoms with Crippen LogP contribution in [0, 0.1) is 23.2 Å². The number of rotatable bonds is 3. The minimum Gasteiger partial charge on any atom is -0.339 e. The molecule has 1 aliphatic rings. The van der Waals surface area contributed by atoms with Crippen LogP contribution in [0.15, 0.2) is 60.8 Å². The van der Waals surface area contributed by atoms with Gasteiger partial charge in [0.25, 0.3) is 5.91 Å². The van der Waals surface area contributed by atoms with Crippen molar-refractivity contribution in [3.8, 4) is 17.9 Å². The third-order valence-electron chi connectivity index (χ3n) is 4.85. The third-order valence-corrected chi connectivity index (χ3v) is 4.85. The summed E-state index contributed by atoms with van der Waals surface area (Å²) >= 11 is 0. The number of benzene rings is 2. The molecule has 2 heterocycles. The van der Waals surface area contributed by atoms with Gasteiger partial charge in [0.2, 0.25) is 0 Å². The molecule has 0 spiro atoms. The standard InChI is InChI=1S/C24H18N4O/c1-2-3-13-28-22-11-10-20(27-23-18(16-25)8-6-12-26-23)15-19(22)14-17-7-4-5-9-21(17)24(28)29/h4-12,15H,13-14H2,1H3,(H,26,27). The van der Waals surface area contributed by atoms with E-state index in [1.807, 2.05) is 42.5 Å². The molecule has 5 nitrogen and oxygen atoms in total. The summed E-state index contributed by atoms with van der Waals surface area (Å²) < 4.78 is 0. The van der Waals surface area contributed by atoms with E-state index in [1.54, 1.807) is 30.2 Å². The van der Waals surface area contributed by atoms with Gasteiger partial charge >= 0.3 is 0 Å². The molecule has 140 valence electrons. The maximum absolute atomic E-state index is 13.2. The number of pyridine rings is 1. The monoisotopic (exact) mass is 378 g/mol. The second kappa shape index (κ2) is 7.88. The Morgan fingerprint density at radius 2 is 2.00 bits per heavy atom. The molecule has 1 aliphatic heterocycles. The molecule has 3 aromatic rings. The summed E-state index contributed by atoms with van der Waals surface area (Å²) in [7, 11) is 0. The van der Waals surface area contributed by atoms with Gasteiger partial charge in [-0.1, -0.05) is 24.1 Å². The lowest BCUT2D eigenvalue weighted by molar-refractivity contribution is 0.0990. The van der Waals surface area contributed by atoms with Crippen molar-refractivity contribution in [2.45, 2.75) is 13.3 Å². The van der Waals surface area contributed by atoms with Crippen LogP contribution >= 0.6 is 0 Å². The van der Waals surface area contributed by atoms with Crippen molar-refractivity contribution in [2.75, 3.05) is 16.8 Å². The molecule has 2 aromatic carbocycles. The molecule has 0 saturated carbocycles. The molecule has 0 fully saturated rings. The van der Waals surface area contributed by atoms with Gasteiger partial charge in [-0.3, -0.25) is 9.69 Å². The number of aromatic nitrogens is 1. The number of nitrogens with zero attached hydrogens (tertiary/aromatic N) is 3. The van der Waals surface area contributed by atoms with Gasteiger partial charge in [0.05, 0.1) is 12.1 Å². The Balaban J connectivity index is 1.78. The van der Waals surface area contributed by atoms with Crippen molar-refractivity contribution >= 4 is 23.1 Å². The number of hydrogen-bond donors (Lipinski definition) is 1. The average Bonchev–Trinajstić information content (AvgIpc) is 2.86. The van der Waals surface area contributed by atoms with Gasteiger partial charge in [0, 0.05) is 29.6 Å². The lowest BCUT2D eigenvalue weighted by Gasteiger charge is -2.21. The topological polar surface area (TPSA) is 69.0 Å². The van der Waals surface area contributed by atoms with Crippen LogP contribution < -0.4 is 10.2 Å². The number of nitrogens with one attached hydrogen (secondary N) is 1. The molecule has 0 aliphatic carbocycles. The molecule has 0 unspecified atom stereocenters. The molecule has 0 bridgehead atoms. The van der Waals surface area contributed by atoms with Gasteiger partial charge in [-0.25, -0.2) is 4.98 Å². The molecule has 0 radical (unpaired) electrons. The normalized spacial score (nSPS) is 12.0. The SMILES string of the molecule is CC#CCN1C(=O)c2ccccc2Cc2cc(Nc3ncccc3C#N)ccc21. The number of carbonyl (C=O) groups is 1. The van der Waals surface area contributed by atoms with E-state index >= 15 is 0 Å². The molecule has 1 N–H and O–H groups in total. The van der Waals surface area contributed by atoms with E-state index in [2.05, 4.69) is 28.2 Å². The Labute approximate surface area is 169 Å². The molecular weight excluding hydrogens is 360 g/mol. The summed E-state index contributed by atoms with van der Waals surface area (Å²) in [4.78, 5) is 19.1. The Morgan fingerprint density at radius 1 is 1.14 bits per heavy atom. The number of hydrogen-bond acceptors (Lipinski definition) is 4. The van der Waals surface area contributed by atoms with Crippen molar-refractivity contribution < 1.29 is 4.79 Å². The first-order valence-corrected chi connectivity index (χ1v) is 9.25. The zero-order valence-electron chi connectivity index (χ0n) is 15.9. The number of fused-ring (bicyclic) bond motifs is 2. The Hall–Kier alpha value is -4.09. The first-order valence-electron chi connectivity index (χ1n) is 9.25. The molecular formula is C24H18N4O. The number of anilines is 3. The summed E-state index contributed by atoms with van der Waals surface area (Å²) in [6.07, 6.45) is 2.28. The molecule has 1 aromatic heterocycles. The maximum atomic E-state index is 13.2. The van der Waals surface area contributed by atoms with E-state index in [0.29, 0.717) is 29.9 Å². The Morgan fingerprint density at radius 3 is 2.83 bits per heavy atom. The van der Waals surface area contributed by atoms with E-state index < -0.39 is 0 Å². The van der Waals surface area contributed by atoms with E-state index in [0.717, 1.165) is 22.5 Å². The summed E-state index contributed by atoms with van der Waals surface area (Å²) in [6.45, 7) is 2.10. The fraction of sp³-hybridized carbons (Fsp3) is 0.125. The fourth-order valence-electron chi connectivity index (χ4n) is 3.46. The highest BCUT2D eigenvalue weighted by molar-refractivity contribution is 6.09. The Kier molecular flexibility index (Phi) is 4.97. The van der Waals surface area contributed by atoms with Crippen LogP contribution in [0.1, 0.15) is 34.0 Å². The largest absolute Gasteiger partial charge is 0.339 e. The van der Waals surface area contributed by atoms with E-state index in [-0.39, 0.29) is 5.91 Å². The van der Waals surface area contributed by atoms with Crippen LogP contribution in [-0.4, -0.2) is 17.4 Å². The van der Waals surface area contributed by atoms with Crippen LogP contribution in [0.2, 0.25) is 0 Å². The quantitative estimate of drug-likeness (QED) is 0.691. The molecule has 0 atom stereocenters. The summed E-state index contributed by atoms with van der Waals surface area (Å²) in [5, 5.41) is 12.5. The van der Waals surface area contributed by atoms with E-state index in [9.17, 15) is 10.1 Å². The van der Waals surface area contributed by atoms with Crippen LogP contribution in [0.5, 0.6) is 0 Å². The molecule has 1 amide bonds. The zero-order chi connectivity index (χ0) is 20.2. The predicted octanol–water partition coefficient (Wildman–Crippen LogP) is 4.27. The smallest absolute Gasteiger partial charge is 0.259 e. The first-order chi connectivity index (χ1) is 14.2.